The van der Waals surface area contributed by atoms with E-state index in [0.29, 0.717) is 11.3 Å². The van der Waals surface area contributed by atoms with Gasteiger partial charge >= 0.3 is 0 Å². The van der Waals surface area contributed by atoms with E-state index in [1.807, 2.05) is 24.3 Å². The van der Waals surface area contributed by atoms with Gasteiger partial charge in [-0.3, -0.25) is 0 Å². The molecule has 0 aliphatic heterocycles. The maximum atomic E-state index is 9.27. The number of rotatable bonds is 4. The Kier molecular flexibility index (Phi) is 5.85. The van der Waals surface area contributed by atoms with Crippen molar-refractivity contribution in [2.24, 2.45) is 0 Å². The van der Waals surface area contributed by atoms with Gasteiger partial charge in [0.05, 0.1) is 34.1 Å². The Morgan fingerprint density at radius 1 is 0.550 bits per heavy atom. The molecule has 0 atom stereocenters. The van der Waals surface area contributed by atoms with Gasteiger partial charge in [0.1, 0.15) is 0 Å². The third-order valence-corrected chi connectivity index (χ3v) is 7.36. The predicted octanol–water partition coefficient (Wildman–Crippen LogP) is 9.10. The van der Waals surface area contributed by atoms with E-state index in [0.717, 1.165) is 33.6 Å². The van der Waals surface area contributed by atoms with Crippen LogP contribution in [-0.2, 0) is 0 Å². The lowest BCUT2D eigenvalue weighted by atomic mass is 10.00. The first-order valence-electron chi connectivity index (χ1n) is 12.9. The highest BCUT2D eigenvalue weighted by atomic mass is 35.5. The summed E-state index contributed by atoms with van der Waals surface area (Å²) in [6, 6.07) is 45.4. The van der Waals surface area contributed by atoms with Gasteiger partial charge < -0.3 is 4.57 Å². The molecule has 0 bridgehead atoms. The van der Waals surface area contributed by atoms with Gasteiger partial charge in [-0.2, -0.15) is 5.26 Å². The summed E-state index contributed by atoms with van der Waals surface area (Å²) in [5.74, 6) is 0. The molecule has 188 valence electrons. The molecule has 0 aliphatic rings. The van der Waals surface area contributed by atoms with Crippen LogP contribution in [-0.4, -0.2) is 14.5 Å². The van der Waals surface area contributed by atoms with E-state index in [1.165, 1.54) is 21.8 Å². The van der Waals surface area contributed by atoms with E-state index >= 15 is 0 Å². The van der Waals surface area contributed by atoms with Gasteiger partial charge in [-0.25, -0.2) is 9.97 Å². The predicted molar refractivity (Wildman–Crippen MR) is 162 cm³/mol. The molecule has 0 unspecified atom stereocenters. The summed E-state index contributed by atoms with van der Waals surface area (Å²) in [6.07, 6.45) is 0. The highest BCUT2D eigenvalue weighted by Crippen LogP contribution is 2.35. The third-order valence-electron chi connectivity index (χ3n) is 7.19. The highest BCUT2D eigenvalue weighted by Gasteiger charge is 2.13. The monoisotopic (exact) mass is 532 g/mol. The smallest absolute Gasteiger partial charge is 0.223 e. The summed E-state index contributed by atoms with van der Waals surface area (Å²) >= 11 is 6.31. The quantitative estimate of drug-likeness (QED) is 0.212. The second kappa shape index (κ2) is 9.81. The normalized spacial score (nSPS) is 11.1. The SMILES string of the molecule is N#Cc1cccc(-c2cc(-c3ccc(-c4ccc5c(c4)c4ccccc4n5-c4ccccc4)cc3)nc(Cl)n2)c1. The molecule has 5 heteroatoms. The maximum Gasteiger partial charge on any atom is 0.223 e. The molecule has 0 saturated heterocycles. The number of benzene rings is 5. The molecule has 0 aliphatic carbocycles. The van der Waals surface area contributed by atoms with Gasteiger partial charge in [-0.15, -0.1) is 0 Å². The summed E-state index contributed by atoms with van der Waals surface area (Å²) in [5.41, 5.74) is 9.51. The number of hydrogen-bond acceptors (Lipinski definition) is 3. The van der Waals surface area contributed by atoms with E-state index in [2.05, 4.69) is 112 Å². The van der Waals surface area contributed by atoms with Crippen LogP contribution in [0.15, 0.2) is 127 Å². The first-order valence-corrected chi connectivity index (χ1v) is 13.3. The number of fused-ring (bicyclic) bond motifs is 3. The second-order valence-corrected chi connectivity index (χ2v) is 9.94. The Hall–Kier alpha value is -5.24. The Morgan fingerprint density at radius 3 is 2.02 bits per heavy atom. The van der Waals surface area contributed by atoms with Crippen LogP contribution < -0.4 is 0 Å². The topological polar surface area (TPSA) is 54.5 Å². The minimum absolute atomic E-state index is 0.166. The van der Waals surface area contributed by atoms with Gasteiger partial charge in [0.2, 0.25) is 5.28 Å². The van der Waals surface area contributed by atoms with Crippen molar-refractivity contribution < 1.29 is 0 Å². The van der Waals surface area contributed by atoms with Crippen molar-refractivity contribution in [2.75, 3.05) is 0 Å². The number of hydrogen-bond donors (Lipinski definition) is 0. The van der Waals surface area contributed by atoms with Crippen molar-refractivity contribution in [3.8, 4) is 45.4 Å². The van der Waals surface area contributed by atoms with Crippen LogP contribution in [0.3, 0.4) is 0 Å². The lowest BCUT2D eigenvalue weighted by Crippen LogP contribution is -1.93. The van der Waals surface area contributed by atoms with Gasteiger partial charge in [-0.1, -0.05) is 78.9 Å². The zero-order chi connectivity index (χ0) is 27.1. The van der Waals surface area contributed by atoms with E-state index in [4.69, 9.17) is 11.6 Å². The Labute approximate surface area is 236 Å². The average Bonchev–Trinajstić information content (AvgIpc) is 3.35. The standard InChI is InChI=1S/C35H21ClN4/c36-35-38-31(21-32(39-35)27-8-6-7-23(19-27)22-37)25-15-13-24(14-16-25)26-17-18-34-30(20-26)29-11-4-5-12-33(29)40(34)28-9-2-1-3-10-28/h1-21H. The van der Waals surface area contributed by atoms with Crippen LogP contribution in [0.5, 0.6) is 0 Å². The molecule has 0 spiro atoms. The van der Waals surface area contributed by atoms with Crippen molar-refractivity contribution in [3.05, 3.63) is 138 Å². The van der Waals surface area contributed by atoms with Crippen molar-refractivity contribution in [1.82, 2.24) is 14.5 Å². The van der Waals surface area contributed by atoms with Crippen molar-refractivity contribution in [2.45, 2.75) is 0 Å². The van der Waals surface area contributed by atoms with E-state index < -0.39 is 0 Å². The summed E-state index contributed by atoms with van der Waals surface area (Å²) in [4.78, 5) is 8.86. The maximum absolute atomic E-state index is 9.27. The Morgan fingerprint density at radius 2 is 1.23 bits per heavy atom. The molecular weight excluding hydrogens is 512 g/mol. The molecule has 0 radical (unpaired) electrons. The number of para-hydroxylation sites is 2. The van der Waals surface area contributed by atoms with Gasteiger partial charge in [0, 0.05) is 27.6 Å². The van der Waals surface area contributed by atoms with E-state index in [9.17, 15) is 5.26 Å². The summed E-state index contributed by atoms with van der Waals surface area (Å²) in [6.45, 7) is 0. The molecule has 2 heterocycles. The van der Waals surface area contributed by atoms with Gasteiger partial charge in [-0.05, 0) is 71.3 Å². The van der Waals surface area contributed by atoms with Gasteiger partial charge in [0.25, 0.3) is 0 Å². The average molecular weight is 533 g/mol. The Bertz CT molecular complexity index is 2070. The molecule has 40 heavy (non-hydrogen) atoms. The number of halogens is 1. The molecule has 7 aromatic rings. The number of nitriles is 1. The fraction of sp³-hybridized carbons (Fsp3) is 0. The van der Waals surface area contributed by atoms with Crippen LogP contribution in [0.1, 0.15) is 5.56 Å². The van der Waals surface area contributed by atoms with E-state index in [1.54, 1.807) is 12.1 Å². The van der Waals surface area contributed by atoms with Gasteiger partial charge in [0.15, 0.2) is 0 Å². The summed E-state index contributed by atoms with van der Waals surface area (Å²) < 4.78 is 2.32. The third kappa shape index (κ3) is 4.19. The van der Waals surface area contributed by atoms with Crippen LogP contribution in [0.25, 0.3) is 61.1 Å². The summed E-state index contributed by atoms with van der Waals surface area (Å²) in [5, 5.41) is 11.9. The minimum Gasteiger partial charge on any atom is -0.309 e. The molecule has 0 amide bonds. The van der Waals surface area contributed by atoms with E-state index in [-0.39, 0.29) is 5.28 Å². The zero-order valence-electron chi connectivity index (χ0n) is 21.3. The van der Waals surface area contributed by atoms with Crippen molar-refractivity contribution >= 4 is 33.4 Å². The second-order valence-electron chi connectivity index (χ2n) is 9.60. The molecule has 2 aromatic heterocycles. The molecule has 5 aromatic carbocycles. The lowest BCUT2D eigenvalue weighted by Gasteiger charge is -2.09. The molecule has 0 fully saturated rings. The van der Waals surface area contributed by atoms with Crippen LogP contribution in [0.2, 0.25) is 5.28 Å². The molecular formula is C35H21ClN4. The van der Waals surface area contributed by atoms with Crippen LogP contribution >= 0.6 is 11.6 Å². The lowest BCUT2D eigenvalue weighted by molar-refractivity contribution is 1.18. The number of nitrogens with zero attached hydrogens (tertiary/aromatic N) is 4. The Balaban J connectivity index is 1.28. The summed E-state index contributed by atoms with van der Waals surface area (Å²) in [7, 11) is 0. The fourth-order valence-electron chi connectivity index (χ4n) is 5.30. The minimum atomic E-state index is 0.166. The van der Waals surface area contributed by atoms with Crippen LogP contribution in [0, 0.1) is 11.3 Å². The van der Waals surface area contributed by atoms with Crippen LogP contribution in [0.4, 0.5) is 0 Å². The molecule has 0 saturated carbocycles. The largest absolute Gasteiger partial charge is 0.309 e. The fourth-order valence-corrected chi connectivity index (χ4v) is 5.48. The highest BCUT2D eigenvalue weighted by molar-refractivity contribution is 6.28. The molecule has 0 N–H and O–H groups in total. The first-order chi connectivity index (χ1) is 19.7. The molecule has 4 nitrogen and oxygen atoms in total. The first kappa shape index (κ1) is 23.8. The van der Waals surface area contributed by atoms with Crippen molar-refractivity contribution in [1.29, 1.82) is 5.26 Å². The number of aromatic nitrogens is 3. The zero-order valence-corrected chi connectivity index (χ0v) is 22.0. The molecule has 7 rings (SSSR count). The van der Waals surface area contributed by atoms with Crippen molar-refractivity contribution in [3.63, 3.8) is 0 Å².